The lowest BCUT2D eigenvalue weighted by molar-refractivity contribution is 0.0723. The highest BCUT2D eigenvalue weighted by Gasteiger charge is 2.23. The number of hydrogen-bond acceptors (Lipinski definition) is 3. The van der Waals surface area contributed by atoms with Crippen molar-refractivity contribution in [3.05, 3.63) is 76.7 Å². The Morgan fingerprint density at radius 3 is 2.42 bits per heavy atom. The minimum atomic E-state index is -0.542. The Bertz CT molecular complexity index is 943. The number of benzene rings is 2. The van der Waals surface area contributed by atoms with Crippen LogP contribution in [-0.4, -0.2) is 15.7 Å². The topological polar surface area (TPSA) is 44.1 Å². The summed E-state index contributed by atoms with van der Waals surface area (Å²) in [5, 5.41) is 5.03. The van der Waals surface area contributed by atoms with Gasteiger partial charge in [-0.25, -0.2) is 13.9 Å². The first-order valence-corrected chi connectivity index (χ1v) is 8.46. The summed E-state index contributed by atoms with van der Waals surface area (Å²) in [6.07, 6.45) is 0. The quantitative estimate of drug-likeness (QED) is 0.595. The van der Waals surface area contributed by atoms with E-state index in [0.29, 0.717) is 16.3 Å². The van der Waals surface area contributed by atoms with E-state index < -0.39 is 11.8 Å². The van der Waals surface area contributed by atoms with Crippen LogP contribution >= 0.6 is 11.6 Å². The standard InChI is InChI=1S/C20H18ClFN2O2/c1-20(2,3)17-12-18(24(23-17)16-6-4-5-15(22)11-16)26-19(25)13-7-9-14(21)10-8-13/h4-12H,1-3H3. The summed E-state index contributed by atoms with van der Waals surface area (Å²) in [6, 6.07) is 14.0. The molecule has 2 aromatic carbocycles. The van der Waals surface area contributed by atoms with Gasteiger partial charge in [-0.2, -0.15) is 5.10 Å². The highest BCUT2D eigenvalue weighted by atomic mass is 35.5. The van der Waals surface area contributed by atoms with Crippen LogP contribution in [0.15, 0.2) is 54.6 Å². The molecule has 0 atom stereocenters. The van der Waals surface area contributed by atoms with E-state index in [2.05, 4.69) is 5.10 Å². The van der Waals surface area contributed by atoms with Gasteiger partial charge >= 0.3 is 5.97 Å². The minimum absolute atomic E-state index is 0.223. The first kappa shape index (κ1) is 18.1. The molecule has 1 aromatic heterocycles. The second-order valence-electron chi connectivity index (χ2n) is 6.91. The number of hydrogen-bond donors (Lipinski definition) is 0. The molecule has 0 aliphatic carbocycles. The molecule has 0 bridgehead atoms. The Morgan fingerprint density at radius 1 is 1.12 bits per heavy atom. The van der Waals surface area contributed by atoms with E-state index in [-0.39, 0.29) is 11.3 Å². The molecule has 0 N–H and O–H groups in total. The summed E-state index contributed by atoms with van der Waals surface area (Å²) < 4.78 is 20.6. The zero-order valence-corrected chi connectivity index (χ0v) is 15.4. The van der Waals surface area contributed by atoms with Gasteiger partial charge in [0.25, 0.3) is 0 Å². The van der Waals surface area contributed by atoms with Crippen LogP contribution in [0.3, 0.4) is 0 Å². The fourth-order valence-corrected chi connectivity index (χ4v) is 2.46. The van der Waals surface area contributed by atoms with Crippen molar-refractivity contribution in [1.29, 1.82) is 0 Å². The van der Waals surface area contributed by atoms with Crippen molar-refractivity contribution < 1.29 is 13.9 Å². The second kappa shape index (κ2) is 6.92. The van der Waals surface area contributed by atoms with Crippen molar-refractivity contribution >= 4 is 17.6 Å². The van der Waals surface area contributed by atoms with E-state index in [1.807, 2.05) is 20.8 Å². The first-order chi connectivity index (χ1) is 12.2. The van der Waals surface area contributed by atoms with Gasteiger partial charge in [0.2, 0.25) is 5.88 Å². The number of rotatable bonds is 3. The molecule has 26 heavy (non-hydrogen) atoms. The van der Waals surface area contributed by atoms with Crippen LogP contribution in [-0.2, 0) is 5.41 Å². The van der Waals surface area contributed by atoms with Crippen LogP contribution in [0.2, 0.25) is 5.02 Å². The van der Waals surface area contributed by atoms with E-state index in [0.717, 1.165) is 5.69 Å². The van der Waals surface area contributed by atoms with E-state index in [4.69, 9.17) is 16.3 Å². The number of halogens is 2. The molecule has 1 heterocycles. The largest absolute Gasteiger partial charge is 0.404 e. The van der Waals surface area contributed by atoms with Crippen molar-refractivity contribution in [2.45, 2.75) is 26.2 Å². The van der Waals surface area contributed by atoms with Crippen molar-refractivity contribution in [3.8, 4) is 11.6 Å². The summed E-state index contributed by atoms with van der Waals surface area (Å²) >= 11 is 5.85. The van der Waals surface area contributed by atoms with Gasteiger partial charge in [-0.1, -0.05) is 38.4 Å². The zero-order valence-electron chi connectivity index (χ0n) is 14.7. The van der Waals surface area contributed by atoms with Gasteiger partial charge in [0.15, 0.2) is 0 Å². The predicted octanol–water partition coefficient (Wildman–Crippen LogP) is 5.18. The number of ether oxygens (including phenoxy) is 1. The molecule has 0 saturated carbocycles. The summed E-state index contributed by atoms with van der Waals surface area (Å²) in [5.41, 5.74) is 1.29. The number of carbonyl (C=O) groups excluding carboxylic acids is 1. The molecule has 4 nitrogen and oxygen atoms in total. The van der Waals surface area contributed by atoms with E-state index >= 15 is 0 Å². The lowest BCUT2D eigenvalue weighted by Crippen LogP contribution is -2.13. The predicted molar refractivity (Wildman–Crippen MR) is 98.6 cm³/mol. The molecule has 3 aromatic rings. The number of nitrogens with zero attached hydrogens (tertiary/aromatic N) is 2. The number of carbonyl (C=O) groups is 1. The van der Waals surface area contributed by atoms with Gasteiger partial charge in [0.1, 0.15) is 5.82 Å². The third kappa shape index (κ3) is 3.94. The Hall–Kier alpha value is -2.66. The Balaban J connectivity index is 2.00. The molecule has 0 amide bonds. The molecule has 3 rings (SSSR count). The van der Waals surface area contributed by atoms with Crippen LogP contribution in [0.1, 0.15) is 36.8 Å². The Labute approximate surface area is 156 Å². The fraction of sp³-hybridized carbons (Fsp3) is 0.200. The van der Waals surface area contributed by atoms with Crippen LogP contribution in [0.5, 0.6) is 5.88 Å². The lowest BCUT2D eigenvalue weighted by atomic mass is 9.93. The van der Waals surface area contributed by atoms with E-state index in [9.17, 15) is 9.18 Å². The fourth-order valence-electron chi connectivity index (χ4n) is 2.34. The molecule has 0 unspecified atom stereocenters. The third-order valence-electron chi connectivity index (χ3n) is 3.78. The Morgan fingerprint density at radius 2 is 1.81 bits per heavy atom. The number of aromatic nitrogens is 2. The maximum atomic E-state index is 13.6. The van der Waals surface area contributed by atoms with Crippen LogP contribution < -0.4 is 4.74 Å². The van der Waals surface area contributed by atoms with Gasteiger partial charge in [0.05, 0.1) is 16.9 Å². The van der Waals surface area contributed by atoms with Crippen LogP contribution in [0.4, 0.5) is 4.39 Å². The van der Waals surface area contributed by atoms with Gasteiger partial charge in [-0.05, 0) is 42.5 Å². The first-order valence-electron chi connectivity index (χ1n) is 8.08. The van der Waals surface area contributed by atoms with Gasteiger partial charge in [0, 0.05) is 16.5 Å². The molecule has 0 saturated heterocycles. The van der Waals surface area contributed by atoms with Gasteiger partial charge < -0.3 is 4.74 Å². The highest BCUT2D eigenvalue weighted by Crippen LogP contribution is 2.28. The highest BCUT2D eigenvalue weighted by molar-refractivity contribution is 6.30. The monoisotopic (exact) mass is 372 g/mol. The number of esters is 1. The molecule has 0 aliphatic rings. The van der Waals surface area contributed by atoms with Crippen LogP contribution in [0, 0.1) is 5.82 Å². The van der Waals surface area contributed by atoms with Crippen molar-refractivity contribution in [2.24, 2.45) is 0 Å². The second-order valence-corrected chi connectivity index (χ2v) is 7.34. The molecule has 0 spiro atoms. The normalized spacial score (nSPS) is 11.4. The third-order valence-corrected chi connectivity index (χ3v) is 4.03. The summed E-state index contributed by atoms with van der Waals surface area (Å²) in [5.74, 6) is -0.717. The minimum Gasteiger partial charge on any atom is -0.404 e. The molecular weight excluding hydrogens is 355 g/mol. The van der Waals surface area contributed by atoms with E-state index in [1.165, 1.54) is 16.8 Å². The molecule has 0 radical (unpaired) electrons. The summed E-state index contributed by atoms with van der Waals surface area (Å²) in [7, 11) is 0. The average Bonchev–Trinajstić information content (AvgIpc) is 2.99. The van der Waals surface area contributed by atoms with Crippen LogP contribution in [0.25, 0.3) is 5.69 Å². The molecule has 0 aliphatic heterocycles. The van der Waals surface area contributed by atoms with Gasteiger partial charge in [-0.15, -0.1) is 0 Å². The summed E-state index contributed by atoms with van der Waals surface area (Å²) in [4.78, 5) is 12.5. The zero-order chi connectivity index (χ0) is 18.9. The summed E-state index contributed by atoms with van der Waals surface area (Å²) in [6.45, 7) is 5.99. The average molecular weight is 373 g/mol. The maximum Gasteiger partial charge on any atom is 0.344 e. The molecule has 0 fully saturated rings. The SMILES string of the molecule is CC(C)(C)c1cc(OC(=O)c2ccc(Cl)cc2)n(-c2cccc(F)c2)n1. The smallest absolute Gasteiger partial charge is 0.344 e. The van der Waals surface area contributed by atoms with Crippen molar-refractivity contribution in [3.63, 3.8) is 0 Å². The van der Waals surface area contributed by atoms with Gasteiger partial charge in [-0.3, -0.25) is 0 Å². The lowest BCUT2D eigenvalue weighted by Gasteiger charge is -2.13. The van der Waals surface area contributed by atoms with Crippen molar-refractivity contribution in [1.82, 2.24) is 9.78 Å². The Kier molecular flexibility index (Phi) is 4.83. The maximum absolute atomic E-state index is 13.6. The molecular formula is C20H18ClFN2O2. The van der Waals surface area contributed by atoms with Crippen molar-refractivity contribution in [2.75, 3.05) is 0 Å². The molecule has 134 valence electrons. The van der Waals surface area contributed by atoms with E-state index in [1.54, 1.807) is 42.5 Å². The molecule has 6 heteroatoms.